The van der Waals surface area contributed by atoms with Gasteiger partial charge in [0.25, 0.3) is 0 Å². The van der Waals surface area contributed by atoms with E-state index in [9.17, 15) is 5.11 Å². The molecule has 0 unspecified atom stereocenters. The third kappa shape index (κ3) is 3.67. The van der Waals surface area contributed by atoms with Crippen molar-refractivity contribution < 1.29 is 5.11 Å². The van der Waals surface area contributed by atoms with Gasteiger partial charge in [0.15, 0.2) is 0 Å². The molecule has 100 valence electrons. The van der Waals surface area contributed by atoms with Crippen molar-refractivity contribution in [1.82, 2.24) is 10.2 Å². The van der Waals surface area contributed by atoms with Crippen LogP contribution in [0.4, 0.5) is 0 Å². The van der Waals surface area contributed by atoms with E-state index in [1.54, 1.807) is 0 Å². The van der Waals surface area contributed by atoms with Crippen molar-refractivity contribution in [1.29, 1.82) is 0 Å². The van der Waals surface area contributed by atoms with Gasteiger partial charge in [0.1, 0.15) is 0 Å². The first-order valence-electron chi connectivity index (χ1n) is 7.35. The second-order valence-corrected chi connectivity index (χ2v) is 5.99. The number of aliphatic hydroxyl groups excluding tert-OH is 1. The van der Waals surface area contributed by atoms with Crippen molar-refractivity contribution >= 4 is 0 Å². The Labute approximate surface area is 106 Å². The van der Waals surface area contributed by atoms with Gasteiger partial charge in [-0.2, -0.15) is 0 Å². The summed E-state index contributed by atoms with van der Waals surface area (Å²) in [7, 11) is 0. The third-order valence-electron chi connectivity index (χ3n) is 4.53. The second-order valence-electron chi connectivity index (χ2n) is 5.99. The van der Waals surface area contributed by atoms with Gasteiger partial charge in [0, 0.05) is 26.2 Å². The maximum absolute atomic E-state index is 9.55. The van der Waals surface area contributed by atoms with Gasteiger partial charge in [-0.15, -0.1) is 0 Å². The summed E-state index contributed by atoms with van der Waals surface area (Å²) in [6.45, 7) is 7.89. The van der Waals surface area contributed by atoms with Crippen LogP contribution in [-0.2, 0) is 0 Å². The molecule has 17 heavy (non-hydrogen) atoms. The summed E-state index contributed by atoms with van der Waals surface area (Å²) >= 11 is 0. The summed E-state index contributed by atoms with van der Waals surface area (Å²) in [5.74, 6) is 0. The summed E-state index contributed by atoms with van der Waals surface area (Å²) in [6, 6.07) is 0. The SMILES string of the molecule is CCNCC1(CN2CCC(O)CC2)CCCC1. The van der Waals surface area contributed by atoms with E-state index in [1.165, 1.54) is 38.8 Å². The van der Waals surface area contributed by atoms with Gasteiger partial charge in [0.2, 0.25) is 0 Å². The third-order valence-corrected chi connectivity index (χ3v) is 4.53. The molecule has 0 aromatic rings. The molecule has 0 atom stereocenters. The van der Waals surface area contributed by atoms with Crippen molar-refractivity contribution in [3.8, 4) is 0 Å². The highest BCUT2D eigenvalue weighted by molar-refractivity contribution is 4.90. The van der Waals surface area contributed by atoms with Crippen LogP contribution < -0.4 is 5.32 Å². The lowest BCUT2D eigenvalue weighted by molar-refractivity contribution is 0.0569. The van der Waals surface area contributed by atoms with Crippen LogP contribution in [0.5, 0.6) is 0 Å². The van der Waals surface area contributed by atoms with Crippen LogP contribution in [0.3, 0.4) is 0 Å². The molecule has 0 amide bonds. The van der Waals surface area contributed by atoms with Gasteiger partial charge in [-0.05, 0) is 37.6 Å². The Morgan fingerprint density at radius 1 is 1.24 bits per heavy atom. The van der Waals surface area contributed by atoms with Crippen molar-refractivity contribution in [3.63, 3.8) is 0 Å². The monoisotopic (exact) mass is 240 g/mol. The molecule has 2 fully saturated rings. The number of piperidine rings is 1. The highest BCUT2D eigenvalue weighted by Crippen LogP contribution is 2.38. The molecular weight excluding hydrogens is 212 g/mol. The van der Waals surface area contributed by atoms with E-state index in [1.807, 2.05) is 0 Å². The molecule has 0 radical (unpaired) electrons. The quantitative estimate of drug-likeness (QED) is 0.766. The number of hydrogen-bond donors (Lipinski definition) is 2. The minimum atomic E-state index is -0.0421. The fourth-order valence-electron chi connectivity index (χ4n) is 3.46. The second kappa shape index (κ2) is 6.17. The number of nitrogens with zero attached hydrogens (tertiary/aromatic N) is 1. The molecule has 1 saturated heterocycles. The van der Waals surface area contributed by atoms with Crippen LogP contribution in [0.1, 0.15) is 45.4 Å². The van der Waals surface area contributed by atoms with E-state index >= 15 is 0 Å². The number of rotatable bonds is 5. The van der Waals surface area contributed by atoms with Gasteiger partial charge in [-0.1, -0.05) is 19.8 Å². The molecule has 2 N–H and O–H groups in total. The molecule has 1 aliphatic heterocycles. The molecule has 1 saturated carbocycles. The number of nitrogens with one attached hydrogen (secondary N) is 1. The highest BCUT2D eigenvalue weighted by Gasteiger charge is 2.35. The van der Waals surface area contributed by atoms with Crippen LogP contribution in [0.15, 0.2) is 0 Å². The number of likely N-dealkylation sites (tertiary alicyclic amines) is 1. The van der Waals surface area contributed by atoms with E-state index in [4.69, 9.17) is 0 Å². The Balaban J connectivity index is 1.84. The van der Waals surface area contributed by atoms with Crippen molar-refractivity contribution in [3.05, 3.63) is 0 Å². The van der Waals surface area contributed by atoms with E-state index < -0.39 is 0 Å². The highest BCUT2D eigenvalue weighted by atomic mass is 16.3. The lowest BCUT2D eigenvalue weighted by Crippen LogP contribution is -2.46. The fourth-order valence-corrected chi connectivity index (χ4v) is 3.46. The summed E-state index contributed by atoms with van der Waals surface area (Å²) in [5, 5.41) is 13.1. The normalized spacial score (nSPS) is 26.5. The Bertz CT molecular complexity index is 218. The minimum Gasteiger partial charge on any atom is -0.393 e. The Morgan fingerprint density at radius 3 is 2.47 bits per heavy atom. The van der Waals surface area contributed by atoms with Crippen molar-refractivity contribution in [2.45, 2.75) is 51.6 Å². The van der Waals surface area contributed by atoms with E-state index in [-0.39, 0.29) is 6.10 Å². The van der Waals surface area contributed by atoms with Crippen LogP contribution in [0, 0.1) is 5.41 Å². The van der Waals surface area contributed by atoms with Crippen LogP contribution in [0.25, 0.3) is 0 Å². The largest absolute Gasteiger partial charge is 0.393 e. The Kier molecular flexibility index (Phi) is 4.83. The van der Waals surface area contributed by atoms with Crippen LogP contribution in [0.2, 0.25) is 0 Å². The van der Waals surface area contributed by atoms with Gasteiger partial charge >= 0.3 is 0 Å². The molecule has 3 nitrogen and oxygen atoms in total. The molecule has 1 aliphatic carbocycles. The zero-order valence-corrected chi connectivity index (χ0v) is 11.2. The van der Waals surface area contributed by atoms with Gasteiger partial charge in [-0.25, -0.2) is 0 Å². The smallest absolute Gasteiger partial charge is 0.0564 e. The zero-order chi connectivity index (χ0) is 12.1. The molecule has 3 heteroatoms. The fraction of sp³-hybridized carbons (Fsp3) is 1.00. The van der Waals surface area contributed by atoms with Crippen molar-refractivity contribution in [2.75, 3.05) is 32.7 Å². The predicted octanol–water partition coefficient (Wildman–Crippen LogP) is 1.61. The molecule has 0 bridgehead atoms. The summed E-state index contributed by atoms with van der Waals surface area (Å²) in [5.41, 5.74) is 0.526. The molecule has 0 spiro atoms. The summed E-state index contributed by atoms with van der Waals surface area (Å²) in [4.78, 5) is 2.58. The maximum Gasteiger partial charge on any atom is 0.0564 e. The van der Waals surface area contributed by atoms with Crippen LogP contribution >= 0.6 is 0 Å². The van der Waals surface area contributed by atoms with E-state index in [2.05, 4.69) is 17.1 Å². The summed E-state index contributed by atoms with van der Waals surface area (Å²) < 4.78 is 0. The molecule has 2 aliphatic rings. The Hall–Kier alpha value is -0.120. The minimum absolute atomic E-state index is 0.0421. The van der Waals surface area contributed by atoms with E-state index in [0.717, 1.165) is 32.5 Å². The van der Waals surface area contributed by atoms with Gasteiger partial charge in [0.05, 0.1) is 6.10 Å². The molecule has 0 aromatic heterocycles. The van der Waals surface area contributed by atoms with E-state index in [0.29, 0.717) is 5.41 Å². The average molecular weight is 240 g/mol. The first kappa shape index (κ1) is 13.3. The molecular formula is C14H28N2O. The lowest BCUT2D eigenvalue weighted by Gasteiger charge is -2.38. The average Bonchev–Trinajstić information content (AvgIpc) is 2.79. The predicted molar refractivity (Wildman–Crippen MR) is 71.1 cm³/mol. The zero-order valence-electron chi connectivity index (χ0n) is 11.2. The molecule has 0 aromatic carbocycles. The standard InChI is InChI=1S/C14H28N2O/c1-2-15-11-14(7-3-4-8-14)12-16-9-5-13(17)6-10-16/h13,15,17H,2-12H2,1H3. The molecule has 1 heterocycles. The summed E-state index contributed by atoms with van der Waals surface area (Å²) in [6.07, 6.45) is 7.48. The number of hydrogen-bond acceptors (Lipinski definition) is 3. The number of aliphatic hydroxyl groups is 1. The Morgan fingerprint density at radius 2 is 1.88 bits per heavy atom. The van der Waals surface area contributed by atoms with Crippen molar-refractivity contribution in [2.24, 2.45) is 5.41 Å². The van der Waals surface area contributed by atoms with Gasteiger partial charge in [-0.3, -0.25) is 0 Å². The van der Waals surface area contributed by atoms with Gasteiger partial charge < -0.3 is 15.3 Å². The molecule has 2 rings (SSSR count). The first-order chi connectivity index (χ1) is 8.24. The lowest BCUT2D eigenvalue weighted by atomic mass is 9.84. The first-order valence-corrected chi connectivity index (χ1v) is 7.35. The maximum atomic E-state index is 9.55. The topological polar surface area (TPSA) is 35.5 Å². The van der Waals surface area contributed by atoms with Crippen LogP contribution in [-0.4, -0.2) is 48.8 Å².